The van der Waals surface area contributed by atoms with Crippen molar-refractivity contribution >= 4 is 56.0 Å². The molecular formula is C24H24BrClFN3O4. The van der Waals surface area contributed by atoms with Crippen LogP contribution >= 0.6 is 27.5 Å². The molecule has 1 aromatic heterocycles. The molecule has 2 heterocycles. The number of likely N-dealkylation sites (tertiary alicyclic amines) is 1. The molecule has 34 heavy (non-hydrogen) atoms. The number of ketones is 1. The lowest BCUT2D eigenvalue weighted by atomic mass is 9.84. The molecule has 10 heteroatoms. The molecule has 0 spiro atoms. The van der Waals surface area contributed by atoms with Gasteiger partial charge in [0, 0.05) is 27.9 Å². The van der Waals surface area contributed by atoms with Crippen molar-refractivity contribution in [3.63, 3.8) is 0 Å². The number of nitrogens with two attached hydrogens (primary N) is 1. The summed E-state index contributed by atoms with van der Waals surface area (Å²) in [5.41, 5.74) is 6.35. The average Bonchev–Trinajstić information content (AvgIpc) is 3.02. The van der Waals surface area contributed by atoms with E-state index in [0.29, 0.717) is 26.6 Å². The Labute approximate surface area is 209 Å². The predicted octanol–water partition coefficient (Wildman–Crippen LogP) is 5.28. The van der Waals surface area contributed by atoms with Crippen LogP contribution in [0.5, 0.6) is 0 Å². The van der Waals surface area contributed by atoms with Crippen LogP contribution in [0, 0.1) is 12.7 Å². The summed E-state index contributed by atoms with van der Waals surface area (Å²) in [4.78, 5) is 30.2. The van der Waals surface area contributed by atoms with Crippen molar-refractivity contribution in [1.82, 2.24) is 9.88 Å². The Morgan fingerprint density at radius 1 is 1.29 bits per heavy atom. The highest BCUT2D eigenvalue weighted by atomic mass is 79.9. The highest BCUT2D eigenvalue weighted by Gasteiger charge is 2.48. The number of ether oxygens (including phenoxy) is 1. The van der Waals surface area contributed by atoms with Crippen molar-refractivity contribution in [1.29, 1.82) is 0 Å². The van der Waals surface area contributed by atoms with Crippen LogP contribution in [0.3, 0.4) is 0 Å². The fraction of sp³-hybridized carbons (Fsp3) is 0.333. The van der Waals surface area contributed by atoms with E-state index in [9.17, 15) is 19.1 Å². The van der Waals surface area contributed by atoms with Gasteiger partial charge in [0.15, 0.2) is 5.78 Å². The van der Waals surface area contributed by atoms with Gasteiger partial charge in [-0.1, -0.05) is 11.6 Å². The van der Waals surface area contributed by atoms with Crippen molar-refractivity contribution in [2.75, 3.05) is 18.8 Å². The molecule has 0 aliphatic carbocycles. The second-order valence-electron chi connectivity index (χ2n) is 9.52. The fourth-order valence-corrected chi connectivity index (χ4v) is 5.20. The van der Waals surface area contributed by atoms with Gasteiger partial charge in [-0.15, -0.1) is 0 Å². The minimum Gasteiger partial charge on any atom is -0.444 e. The predicted molar refractivity (Wildman–Crippen MR) is 132 cm³/mol. The lowest BCUT2D eigenvalue weighted by molar-refractivity contribution is -0.103. The molecule has 7 nitrogen and oxygen atoms in total. The SMILES string of the molecule is Cc1[nH]c2c(Br)c(C(=O)c3cc(F)ccc3Cl)c(N)cc2c1C1(O)CN(C(=O)OC(C)(C)C)C1. The minimum atomic E-state index is -1.32. The molecule has 1 fully saturated rings. The summed E-state index contributed by atoms with van der Waals surface area (Å²) in [5, 5.41) is 12.0. The van der Waals surface area contributed by atoms with Crippen LogP contribution < -0.4 is 5.73 Å². The molecule has 3 aromatic rings. The van der Waals surface area contributed by atoms with E-state index < -0.39 is 28.9 Å². The Bertz CT molecular complexity index is 1340. The maximum absolute atomic E-state index is 13.8. The van der Waals surface area contributed by atoms with Crippen LogP contribution in [0.4, 0.5) is 14.9 Å². The highest BCUT2D eigenvalue weighted by Crippen LogP contribution is 2.43. The number of carbonyl (C=O) groups excluding carboxylic acids is 2. The summed E-state index contributed by atoms with van der Waals surface area (Å²) in [5.74, 6) is -1.13. The van der Waals surface area contributed by atoms with E-state index in [1.54, 1.807) is 33.8 Å². The summed E-state index contributed by atoms with van der Waals surface area (Å²) in [6.45, 7) is 7.21. The van der Waals surface area contributed by atoms with Gasteiger partial charge in [0.05, 0.1) is 33.7 Å². The number of aromatic amines is 1. The number of fused-ring (bicyclic) bond motifs is 1. The van der Waals surface area contributed by atoms with Gasteiger partial charge in [-0.05, 0) is 67.9 Å². The van der Waals surface area contributed by atoms with Crippen molar-refractivity contribution in [2.24, 2.45) is 0 Å². The van der Waals surface area contributed by atoms with Crippen LogP contribution in [-0.2, 0) is 10.3 Å². The lowest BCUT2D eigenvalue weighted by Crippen LogP contribution is -2.62. The normalized spacial score (nSPS) is 15.4. The van der Waals surface area contributed by atoms with Crippen LogP contribution in [0.1, 0.15) is 48.0 Å². The number of nitrogen functional groups attached to an aromatic ring is 1. The third-order valence-corrected chi connectivity index (χ3v) is 6.80. The summed E-state index contributed by atoms with van der Waals surface area (Å²) in [7, 11) is 0. The van der Waals surface area contributed by atoms with Crippen molar-refractivity contribution < 1.29 is 23.8 Å². The van der Waals surface area contributed by atoms with Gasteiger partial charge in [0.1, 0.15) is 17.0 Å². The van der Waals surface area contributed by atoms with Crippen LogP contribution in [0.2, 0.25) is 5.02 Å². The van der Waals surface area contributed by atoms with E-state index in [1.165, 1.54) is 17.0 Å². The van der Waals surface area contributed by atoms with Crippen molar-refractivity contribution in [3.8, 4) is 0 Å². The molecule has 180 valence electrons. The Morgan fingerprint density at radius 3 is 2.56 bits per heavy atom. The number of aryl methyl sites for hydroxylation is 1. The van der Waals surface area contributed by atoms with Gasteiger partial charge < -0.3 is 25.5 Å². The van der Waals surface area contributed by atoms with Gasteiger partial charge in [0.2, 0.25) is 0 Å². The smallest absolute Gasteiger partial charge is 0.410 e. The largest absolute Gasteiger partial charge is 0.444 e. The Morgan fingerprint density at radius 2 is 1.94 bits per heavy atom. The first-order chi connectivity index (χ1) is 15.7. The summed E-state index contributed by atoms with van der Waals surface area (Å²) >= 11 is 9.59. The minimum absolute atomic E-state index is 0.0115. The molecule has 0 saturated carbocycles. The van der Waals surface area contributed by atoms with E-state index in [0.717, 1.165) is 6.07 Å². The molecule has 1 aliphatic rings. The van der Waals surface area contributed by atoms with Crippen molar-refractivity contribution in [3.05, 3.63) is 62.0 Å². The number of β-amino-alcohol motifs (C(OH)–C–C–N with tert-alkyl or cyclic N) is 1. The third-order valence-electron chi connectivity index (χ3n) is 5.68. The van der Waals surface area contributed by atoms with E-state index in [2.05, 4.69) is 20.9 Å². The van der Waals surface area contributed by atoms with Gasteiger partial charge in [0.25, 0.3) is 0 Å². The molecule has 1 saturated heterocycles. The third kappa shape index (κ3) is 4.16. The zero-order valence-electron chi connectivity index (χ0n) is 19.1. The maximum atomic E-state index is 13.8. The molecule has 4 N–H and O–H groups in total. The number of hydrogen-bond donors (Lipinski definition) is 3. The molecule has 4 rings (SSSR count). The quantitative estimate of drug-likeness (QED) is 0.302. The van der Waals surface area contributed by atoms with Crippen molar-refractivity contribution in [2.45, 2.75) is 38.9 Å². The number of amides is 1. The number of rotatable bonds is 3. The first kappa shape index (κ1) is 24.5. The zero-order chi connectivity index (χ0) is 25.2. The van der Waals surface area contributed by atoms with Gasteiger partial charge >= 0.3 is 6.09 Å². The molecular weight excluding hydrogens is 529 g/mol. The second kappa shape index (κ2) is 8.25. The molecule has 0 atom stereocenters. The molecule has 1 amide bonds. The Kier molecular flexibility index (Phi) is 5.95. The van der Waals surface area contributed by atoms with Crippen LogP contribution in [-0.4, -0.2) is 45.6 Å². The van der Waals surface area contributed by atoms with Gasteiger partial charge in [-0.2, -0.15) is 0 Å². The molecule has 0 bridgehead atoms. The Balaban J connectivity index is 1.73. The number of nitrogens with one attached hydrogen (secondary N) is 1. The summed E-state index contributed by atoms with van der Waals surface area (Å²) in [6, 6.07) is 5.13. The number of aromatic nitrogens is 1. The molecule has 2 aromatic carbocycles. The maximum Gasteiger partial charge on any atom is 0.410 e. The number of anilines is 1. The number of benzene rings is 2. The Hall–Kier alpha value is -2.62. The zero-order valence-corrected chi connectivity index (χ0v) is 21.4. The second-order valence-corrected chi connectivity index (χ2v) is 10.7. The lowest BCUT2D eigenvalue weighted by Gasteiger charge is -2.46. The van der Waals surface area contributed by atoms with E-state index in [4.69, 9.17) is 22.1 Å². The average molecular weight is 553 g/mol. The fourth-order valence-electron chi connectivity index (χ4n) is 4.28. The summed E-state index contributed by atoms with van der Waals surface area (Å²) in [6.07, 6.45) is -0.504. The van der Waals surface area contributed by atoms with E-state index in [1.807, 2.05) is 0 Å². The molecule has 0 unspecified atom stereocenters. The molecule has 1 aliphatic heterocycles. The number of carbonyl (C=O) groups is 2. The first-order valence-corrected chi connectivity index (χ1v) is 11.7. The monoisotopic (exact) mass is 551 g/mol. The number of nitrogens with zero attached hydrogens (tertiary/aromatic N) is 1. The standard InChI is InChI=1S/C24H24BrClFN3O4/c1-11-18(24(33)9-30(10-24)22(32)34-23(2,3)4)14-8-16(28)17(19(25)20(14)29-11)21(31)13-7-12(27)5-6-15(13)26/h5-8,29,33H,9-10,28H2,1-4H3. The van der Waals surface area contributed by atoms with Crippen LogP contribution in [0.25, 0.3) is 10.9 Å². The number of H-pyrrole nitrogens is 1. The van der Waals surface area contributed by atoms with Crippen LogP contribution in [0.15, 0.2) is 28.7 Å². The molecule has 0 radical (unpaired) electrons. The first-order valence-electron chi connectivity index (χ1n) is 10.5. The van der Waals surface area contributed by atoms with Gasteiger partial charge in [-0.3, -0.25) is 4.79 Å². The number of hydrogen-bond acceptors (Lipinski definition) is 5. The topological polar surface area (TPSA) is 109 Å². The van der Waals surface area contributed by atoms with E-state index in [-0.39, 0.29) is 34.9 Å². The highest BCUT2D eigenvalue weighted by molar-refractivity contribution is 9.10. The summed E-state index contributed by atoms with van der Waals surface area (Å²) < 4.78 is 19.5. The number of aliphatic hydroxyl groups is 1. The van der Waals surface area contributed by atoms with E-state index >= 15 is 0 Å². The number of halogens is 3. The van der Waals surface area contributed by atoms with Gasteiger partial charge in [-0.25, -0.2) is 9.18 Å².